The van der Waals surface area contributed by atoms with Gasteiger partial charge in [0.15, 0.2) is 28.1 Å². The van der Waals surface area contributed by atoms with Crippen molar-refractivity contribution in [2.24, 2.45) is 0 Å². The number of pyridine rings is 1. The van der Waals surface area contributed by atoms with Gasteiger partial charge in [0.05, 0.1) is 77.4 Å². The number of halogens is 2. The Hall–Kier alpha value is -6.50. The lowest BCUT2D eigenvalue weighted by Gasteiger charge is -2.36. The van der Waals surface area contributed by atoms with Crippen LogP contribution in [0.15, 0.2) is 97.6 Å². The van der Waals surface area contributed by atoms with Crippen molar-refractivity contribution in [3.8, 4) is 22.5 Å². The summed E-state index contributed by atoms with van der Waals surface area (Å²) in [6.07, 6.45) is 6.95. The highest BCUT2D eigenvalue weighted by molar-refractivity contribution is 7.15. The maximum absolute atomic E-state index is 14.1. The number of carbonyl (C=O) groups excluding carboxylic acids is 2. The SMILES string of the molecule is Cc1cnc(NC(=O)c2cc(N3CCOCC3c3ccc(NC(=O)c4cc(N5CCOCC5)nn5cc(-c6ccccc6Cl)nc45)nc3)nn3cc(-c4ccccc4Cl)nc23)s1. The Morgan fingerprint density at radius 2 is 1.34 bits per heavy atom. The van der Waals surface area contributed by atoms with Crippen molar-refractivity contribution in [2.45, 2.75) is 13.0 Å². The number of fused-ring (bicyclic) bond motifs is 2. The minimum Gasteiger partial charge on any atom is -0.378 e. The zero-order valence-corrected chi connectivity index (χ0v) is 35.4. The molecule has 8 heterocycles. The molecule has 2 N–H and O–H groups in total. The minimum atomic E-state index is -0.404. The molecule has 2 aliphatic rings. The molecule has 16 nitrogen and oxygen atoms in total. The van der Waals surface area contributed by atoms with Crippen molar-refractivity contribution >= 4 is 80.2 Å². The van der Waals surface area contributed by atoms with Gasteiger partial charge in [-0.15, -0.1) is 21.5 Å². The number of thiazole rings is 1. The van der Waals surface area contributed by atoms with E-state index in [-0.39, 0.29) is 11.9 Å². The van der Waals surface area contributed by atoms with E-state index in [0.29, 0.717) is 118 Å². The number of carbonyl (C=O) groups is 2. The van der Waals surface area contributed by atoms with Crippen molar-refractivity contribution in [3.63, 3.8) is 0 Å². The first-order valence-corrected chi connectivity index (χ1v) is 21.3. The number of aromatic nitrogens is 8. The molecular formula is C43H36Cl2N12O4S. The zero-order chi connectivity index (χ0) is 42.3. The Morgan fingerprint density at radius 3 is 1.95 bits per heavy atom. The Bertz CT molecular complexity index is 2990. The summed E-state index contributed by atoms with van der Waals surface area (Å²) in [5, 5.41) is 17.2. The summed E-state index contributed by atoms with van der Waals surface area (Å²) in [5.74, 6) is 0.703. The van der Waals surface area contributed by atoms with Crippen LogP contribution >= 0.6 is 34.5 Å². The standard InChI is InChI=1S/C43H36Cl2N12O4S/c1-25-20-47-43(62-25)51-42(59)30-19-38(53-57-23-34(49-40(30)57)28-7-3-5-9-32(28)45)55-14-17-61-24-35(55)26-10-11-36(46-21-26)50-41(58)29-18-37(54-12-15-60-16-13-54)52-56-22-33(48-39(29)56)27-6-2-4-8-31(27)44/h2-11,18-23,35H,12-17,24H2,1H3,(H,46,50,58)(H,47,51,59). The topological polar surface area (TPSA) is 169 Å². The number of amides is 2. The highest BCUT2D eigenvalue weighted by Crippen LogP contribution is 2.34. The number of rotatable bonds is 9. The molecule has 1 atom stereocenters. The molecule has 2 aliphatic heterocycles. The summed E-state index contributed by atoms with van der Waals surface area (Å²) >= 11 is 14.5. The Balaban J connectivity index is 0.954. The van der Waals surface area contributed by atoms with E-state index >= 15 is 0 Å². The lowest BCUT2D eigenvalue weighted by Crippen LogP contribution is -2.40. The first-order chi connectivity index (χ1) is 30.3. The van der Waals surface area contributed by atoms with Gasteiger partial charge in [0.1, 0.15) is 5.82 Å². The fourth-order valence-electron chi connectivity index (χ4n) is 7.54. The third kappa shape index (κ3) is 7.80. The van der Waals surface area contributed by atoms with Gasteiger partial charge >= 0.3 is 0 Å². The second-order valence-electron chi connectivity index (χ2n) is 14.6. The van der Waals surface area contributed by atoms with Crippen LogP contribution in [0, 0.1) is 6.92 Å². The van der Waals surface area contributed by atoms with Gasteiger partial charge in [-0.3, -0.25) is 14.9 Å². The van der Waals surface area contributed by atoms with Crippen molar-refractivity contribution in [2.75, 3.05) is 66.5 Å². The largest absolute Gasteiger partial charge is 0.378 e. The van der Waals surface area contributed by atoms with E-state index < -0.39 is 5.91 Å². The van der Waals surface area contributed by atoms with Gasteiger partial charge < -0.3 is 24.6 Å². The van der Waals surface area contributed by atoms with E-state index in [4.69, 9.17) is 52.8 Å². The van der Waals surface area contributed by atoms with Crippen molar-refractivity contribution in [3.05, 3.63) is 129 Å². The molecule has 19 heteroatoms. The summed E-state index contributed by atoms with van der Waals surface area (Å²) in [6.45, 7) is 5.54. The minimum absolute atomic E-state index is 0.307. The summed E-state index contributed by atoms with van der Waals surface area (Å²) in [7, 11) is 0. The van der Waals surface area contributed by atoms with E-state index in [1.165, 1.54) is 11.3 Å². The number of nitrogens with zero attached hydrogens (tertiary/aromatic N) is 10. The molecule has 8 aromatic rings. The number of aryl methyl sites for hydroxylation is 1. The molecule has 0 aliphatic carbocycles. The molecule has 1 unspecified atom stereocenters. The highest BCUT2D eigenvalue weighted by atomic mass is 35.5. The van der Waals surface area contributed by atoms with E-state index in [0.717, 1.165) is 16.0 Å². The number of imidazole rings is 2. The second-order valence-corrected chi connectivity index (χ2v) is 16.7. The number of morpholine rings is 2. The third-order valence-electron chi connectivity index (χ3n) is 10.6. The molecule has 2 fully saturated rings. The second kappa shape index (κ2) is 16.8. The smallest absolute Gasteiger partial charge is 0.261 e. The molecule has 0 spiro atoms. The quantitative estimate of drug-likeness (QED) is 0.147. The number of hydrogen-bond donors (Lipinski definition) is 2. The monoisotopic (exact) mass is 886 g/mol. The van der Waals surface area contributed by atoms with E-state index in [2.05, 4.69) is 30.4 Å². The van der Waals surface area contributed by atoms with Crippen LogP contribution in [0.2, 0.25) is 10.0 Å². The summed E-state index contributed by atoms with van der Waals surface area (Å²) < 4.78 is 14.8. The van der Waals surface area contributed by atoms with Gasteiger partial charge in [0, 0.05) is 48.0 Å². The van der Waals surface area contributed by atoms with E-state index in [9.17, 15) is 9.59 Å². The number of benzene rings is 2. The lowest BCUT2D eigenvalue weighted by atomic mass is 10.1. The molecule has 0 saturated carbocycles. The van der Waals surface area contributed by atoms with Crippen LogP contribution in [-0.2, 0) is 9.47 Å². The Kier molecular flexibility index (Phi) is 10.7. The van der Waals surface area contributed by atoms with Crippen molar-refractivity contribution in [1.29, 1.82) is 0 Å². The molecule has 0 radical (unpaired) electrons. The lowest BCUT2D eigenvalue weighted by molar-refractivity contribution is 0.0934. The van der Waals surface area contributed by atoms with Crippen molar-refractivity contribution < 1.29 is 19.1 Å². The molecule has 10 rings (SSSR count). The number of anilines is 4. The molecule has 2 saturated heterocycles. The van der Waals surface area contributed by atoms with Crippen LogP contribution in [0.5, 0.6) is 0 Å². The van der Waals surface area contributed by atoms with Crippen molar-refractivity contribution in [1.82, 2.24) is 39.2 Å². The fourth-order valence-corrected chi connectivity index (χ4v) is 8.66. The number of nitrogens with one attached hydrogen (secondary N) is 2. The first kappa shape index (κ1) is 39.6. The maximum Gasteiger partial charge on any atom is 0.261 e. The van der Waals surface area contributed by atoms with Gasteiger partial charge in [-0.2, -0.15) is 0 Å². The summed E-state index contributed by atoms with van der Waals surface area (Å²) in [5.41, 5.74) is 4.77. The molecule has 312 valence electrons. The number of hydrogen-bond acceptors (Lipinski definition) is 13. The Morgan fingerprint density at radius 1 is 0.726 bits per heavy atom. The van der Waals surface area contributed by atoms with Crippen LogP contribution in [0.25, 0.3) is 33.8 Å². The van der Waals surface area contributed by atoms with Crippen LogP contribution in [0.3, 0.4) is 0 Å². The average Bonchev–Trinajstić information content (AvgIpc) is 4.04. The van der Waals surface area contributed by atoms with Gasteiger partial charge in [0.2, 0.25) is 0 Å². The molecular weight excluding hydrogens is 852 g/mol. The molecule has 0 bridgehead atoms. The predicted octanol–water partition coefficient (Wildman–Crippen LogP) is 7.49. The Labute approximate surface area is 368 Å². The molecule has 2 amide bonds. The van der Waals surface area contributed by atoms with E-state index in [1.54, 1.807) is 64.2 Å². The van der Waals surface area contributed by atoms with E-state index in [1.807, 2.05) is 49.4 Å². The van der Waals surface area contributed by atoms with Crippen LogP contribution in [-0.4, -0.2) is 97.0 Å². The average molecular weight is 888 g/mol. The third-order valence-corrected chi connectivity index (χ3v) is 12.1. The van der Waals surface area contributed by atoms with Gasteiger partial charge in [-0.1, -0.05) is 65.7 Å². The van der Waals surface area contributed by atoms with Gasteiger partial charge in [0.25, 0.3) is 11.8 Å². The molecule has 62 heavy (non-hydrogen) atoms. The van der Waals surface area contributed by atoms with Gasteiger partial charge in [-0.25, -0.2) is 29.0 Å². The zero-order valence-electron chi connectivity index (χ0n) is 33.0. The first-order valence-electron chi connectivity index (χ1n) is 19.7. The highest BCUT2D eigenvalue weighted by Gasteiger charge is 2.30. The summed E-state index contributed by atoms with van der Waals surface area (Å²) in [6, 6.07) is 21.6. The fraction of sp³-hybridized carbons (Fsp3) is 0.209. The number of ether oxygens (including phenoxy) is 2. The maximum atomic E-state index is 14.1. The predicted molar refractivity (Wildman–Crippen MR) is 238 cm³/mol. The van der Waals surface area contributed by atoms with Crippen LogP contribution in [0.1, 0.15) is 37.2 Å². The normalized spacial score (nSPS) is 15.6. The van der Waals surface area contributed by atoms with Gasteiger partial charge in [-0.05, 0) is 42.8 Å². The molecule has 2 aromatic carbocycles. The van der Waals surface area contributed by atoms with Crippen LogP contribution in [0.4, 0.5) is 22.6 Å². The molecule has 6 aromatic heterocycles. The summed E-state index contributed by atoms with van der Waals surface area (Å²) in [4.78, 5) is 51.8. The van der Waals surface area contributed by atoms with Crippen LogP contribution < -0.4 is 20.4 Å².